The van der Waals surface area contributed by atoms with E-state index in [4.69, 9.17) is 12.2 Å². The van der Waals surface area contributed by atoms with Gasteiger partial charge in [0, 0.05) is 13.0 Å². The fourth-order valence-electron chi connectivity index (χ4n) is 1.93. The van der Waals surface area contributed by atoms with Gasteiger partial charge in [0.1, 0.15) is 6.17 Å². The molecule has 4 heteroatoms. The van der Waals surface area contributed by atoms with Crippen molar-refractivity contribution in [1.82, 2.24) is 4.90 Å². The second kappa shape index (κ2) is 5.36. The van der Waals surface area contributed by atoms with Crippen molar-refractivity contribution < 1.29 is 0 Å². The van der Waals surface area contributed by atoms with Crippen molar-refractivity contribution in [2.24, 2.45) is 16.1 Å². The number of nitrogens with zero attached hydrogens (tertiary/aromatic N) is 3. The van der Waals surface area contributed by atoms with E-state index in [9.17, 15) is 0 Å². The molecule has 1 unspecified atom stereocenters. The van der Waals surface area contributed by atoms with E-state index in [1.807, 2.05) is 18.2 Å². The summed E-state index contributed by atoms with van der Waals surface area (Å²) in [5.41, 5.74) is 1.27. The van der Waals surface area contributed by atoms with E-state index in [-0.39, 0.29) is 6.17 Å². The van der Waals surface area contributed by atoms with Crippen LogP contribution in [0.15, 0.2) is 40.6 Å². The lowest BCUT2D eigenvalue weighted by Gasteiger charge is -2.24. The first-order valence-corrected chi connectivity index (χ1v) is 6.33. The van der Waals surface area contributed by atoms with E-state index in [0.29, 0.717) is 11.0 Å². The molecule has 0 saturated heterocycles. The molecule has 1 aliphatic rings. The van der Waals surface area contributed by atoms with Crippen LogP contribution in [0, 0.1) is 5.92 Å². The lowest BCUT2D eigenvalue weighted by Crippen LogP contribution is -2.37. The third-order valence-electron chi connectivity index (χ3n) is 2.70. The maximum Gasteiger partial charge on any atom is 0.217 e. The Kier molecular flexibility index (Phi) is 3.84. The maximum atomic E-state index is 5.22. The highest BCUT2D eigenvalue weighted by Gasteiger charge is 2.26. The summed E-state index contributed by atoms with van der Waals surface area (Å²) in [5.74, 6) is 0.565. The van der Waals surface area contributed by atoms with E-state index < -0.39 is 0 Å². The summed E-state index contributed by atoms with van der Waals surface area (Å²) in [4.78, 5) is 2.12. The van der Waals surface area contributed by atoms with E-state index in [2.05, 4.69) is 41.1 Å². The Morgan fingerprint density at radius 3 is 2.65 bits per heavy atom. The van der Waals surface area contributed by atoms with Crippen molar-refractivity contribution in [2.45, 2.75) is 26.4 Å². The minimum absolute atomic E-state index is 0.0762. The quantitative estimate of drug-likeness (QED) is 0.764. The monoisotopic (exact) mass is 247 g/mol. The summed E-state index contributed by atoms with van der Waals surface area (Å²) >= 11 is 5.22. The van der Waals surface area contributed by atoms with Crippen LogP contribution in [-0.2, 0) is 6.42 Å². The van der Waals surface area contributed by atoms with E-state index in [0.717, 1.165) is 13.0 Å². The van der Waals surface area contributed by atoms with Gasteiger partial charge < -0.3 is 4.90 Å². The van der Waals surface area contributed by atoms with Gasteiger partial charge in [-0.3, -0.25) is 0 Å². The van der Waals surface area contributed by atoms with Crippen molar-refractivity contribution in [3.8, 4) is 0 Å². The Bertz CT molecular complexity index is 414. The Balaban J connectivity index is 2.05. The number of hydrogen-bond donors (Lipinski definition) is 0. The third-order valence-corrected chi connectivity index (χ3v) is 3.02. The van der Waals surface area contributed by atoms with Gasteiger partial charge in [0.25, 0.3) is 0 Å². The SMILES string of the molecule is CC(C)CN1C(=S)N=NC1Cc1ccccc1. The standard InChI is InChI=1S/C13H17N3S/c1-10(2)9-16-12(14-15-13(16)17)8-11-6-4-3-5-7-11/h3-7,10,12H,8-9H2,1-2H3. The summed E-state index contributed by atoms with van der Waals surface area (Å²) in [5, 5.41) is 8.91. The second-order valence-electron chi connectivity index (χ2n) is 4.71. The van der Waals surface area contributed by atoms with Crippen molar-refractivity contribution in [1.29, 1.82) is 0 Å². The summed E-state index contributed by atoms with van der Waals surface area (Å²) in [6.07, 6.45) is 0.948. The molecule has 0 N–H and O–H groups in total. The van der Waals surface area contributed by atoms with Crippen LogP contribution in [0.5, 0.6) is 0 Å². The van der Waals surface area contributed by atoms with Crippen molar-refractivity contribution in [3.63, 3.8) is 0 Å². The molecule has 1 aliphatic heterocycles. The van der Waals surface area contributed by atoms with Crippen LogP contribution < -0.4 is 0 Å². The van der Waals surface area contributed by atoms with Gasteiger partial charge in [-0.05, 0) is 23.7 Å². The van der Waals surface area contributed by atoms with Gasteiger partial charge in [0.05, 0.1) is 0 Å². The molecular formula is C13H17N3S. The summed E-state index contributed by atoms with van der Waals surface area (Å²) in [7, 11) is 0. The molecular weight excluding hydrogens is 230 g/mol. The van der Waals surface area contributed by atoms with Crippen molar-refractivity contribution >= 4 is 17.3 Å². The largest absolute Gasteiger partial charge is 0.322 e. The van der Waals surface area contributed by atoms with Gasteiger partial charge in [0.15, 0.2) is 0 Å². The molecule has 1 heterocycles. The third kappa shape index (κ3) is 3.09. The van der Waals surface area contributed by atoms with Crippen LogP contribution in [-0.4, -0.2) is 22.7 Å². The minimum Gasteiger partial charge on any atom is -0.322 e. The molecule has 0 radical (unpaired) electrons. The lowest BCUT2D eigenvalue weighted by atomic mass is 10.1. The first-order chi connectivity index (χ1) is 8.16. The molecule has 90 valence electrons. The zero-order valence-corrected chi connectivity index (χ0v) is 11.0. The molecule has 1 aromatic carbocycles. The maximum absolute atomic E-state index is 5.22. The fourth-order valence-corrected chi connectivity index (χ4v) is 2.18. The highest BCUT2D eigenvalue weighted by molar-refractivity contribution is 7.80. The first-order valence-electron chi connectivity index (χ1n) is 5.92. The molecule has 0 amide bonds. The van der Waals surface area contributed by atoms with Crippen LogP contribution in [0.25, 0.3) is 0 Å². The topological polar surface area (TPSA) is 28.0 Å². The Morgan fingerprint density at radius 2 is 2.00 bits per heavy atom. The minimum atomic E-state index is 0.0762. The fraction of sp³-hybridized carbons (Fsp3) is 0.462. The van der Waals surface area contributed by atoms with Gasteiger partial charge in [0.2, 0.25) is 5.11 Å². The van der Waals surface area contributed by atoms with Gasteiger partial charge in [-0.2, -0.15) is 5.11 Å². The molecule has 0 bridgehead atoms. The molecule has 3 nitrogen and oxygen atoms in total. The number of azo groups is 1. The smallest absolute Gasteiger partial charge is 0.217 e. The highest BCUT2D eigenvalue weighted by atomic mass is 32.1. The normalized spacial score (nSPS) is 19.4. The number of benzene rings is 1. The summed E-state index contributed by atoms with van der Waals surface area (Å²) in [6, 6.07) is 10.4. The van der Waals surface area contributed by atoms with Crippen LogP contribution in [0.3, 0.4) is 0 Å². The van der Waals surface area contributed by atoms with E-state index in [1.165, 1.54) is 5.56 Å². The number of hydrogen-bond acceptors (Lipinski definition) is 2. The van der Waals surface area contributed by atoms with Gasteiger partial charge in [-0.1, -0.05) is 44.2 Å². The zero-order valence-electron chi connectivity index (χ0n) is 10.2. The number of thiocarbonyl (C=S) groups is 1. The lowest BCUT2D eigenvalue weighted by molar-refractivity contribution is 0.303. The summed E-state index contributed by atoms with van der Waals surface area (Å²) < 4.78 is 0. The Labute approximate surface area is 108 Å². The molecule has 2 rings (SSSR count). The predicted octanol–water partition coefficient (Wildman–Crippen LogP) is 3.26. The van der Waals surface area contributed by atoms with Gasteiger partial charge in [-0.25, -0.2) is 0 Å². The van der Waals surface area contributed by atoms with Crippen LogP contribution >= 0.6 is 12.2 Å². The van der Waals surface area contributed by atoms with Crippen molar-refractivity contribution in [2.75, 3.05) is 6.54 Å². The van der Waals surface area contributed by atoms with Gasteiger partial charge >= 0.3 is 0 Å². The second-order valence-corrected chi connectivity index (χ2v) is 5.08. The molecule has 0 saturated carbocycles. The molecule has 0 spiro atoms. The van der Waals surface area contributed by atoms with Crippen LogP contribution in [0.1, 0.15) is 19.4 Å². The molecule has 0 fully saturated rings. The van der Waals surface area contributed by atoms with Gasteiger partial charge in [-0.15, -0.1) is 5.11 Å². The van der Waals surface area contributed by atoms with Crippen LogP contribution in [0.4, 0.5) is 0 Å². The molecule has 1 atom stereocenters. The number of rotatable bonds is 4. The summed E-state index contributed by atoms with van der Waals surface area (Å²) in [6.45, 7) is 5.28. The molecule has 17 heavy (non-hydrogen) atoms. The Hall–Kier alpha value is -1.29. The highest BCUT2D eigenvalue weighted by Crippen LogP contribution is 2.19. The average molecular weight is 247 g/mol. The molecule has 0 aliphatic carbocycles. The first kappa shape index (κ1) is 12.2. The molecule has 1 aromatic rings. The van der Waals surface area contributed by atoms with E-state index >= 15 is 0 Å². The van der Waals surface area contributed by atoms with Crippen molar-refractivity contribution in [3.05, 3.63) is 35.9 Å². The van der Waals surface area contributed by atoms with E-state index in [1.54, 1.807) is 0 Å². The predicted molar refractivity (Wildman–Crippen MR) is 72.9 cm³/mol. The Morgan fingerprint density at radius 1 is 1.29 bits per heavy atom. The average Bonchev–Trinajstić information content (AvgIpc) is 2.62. The van der Waals surface area contributed by atoms with Crippen LogP contribution in [0.2, 0.25) is 0 Å². The molecule has 0 aromatic heterocycles. The zero-order chi connectivity index (χ0) is 12.3.